The van der Waals surface area contributed by atoms with Crippen LogP contribution < -0.4 is 11.1 Å². The quantitative estimate of drug-likeness (QED) is 0.435. The van der Waals surface area contributed by atoms with E-state index in [1.54, 1.807) is 6.92 Å². The van der Waals surface area contributed by atoms with E-state index in [1.807, 2.05) is 0 Å². The molecule has 4 nitrogen and oxygen atoms in total. The number of carbonyl (C=O) groups is 2. The highest BCUT2D eigenvalue weighted by Gasteiger charge is 2.18. The Balaban J connectivity index is 3.92. The minimum absolute atomic E-state index is 0.293. The van der Waals surface area contributed by atoms with Gasteiger partial charge in [-0.2, -0.15) is 0 Å². The van der Waals surface area contributed by atoms with Gasteiger partial charge in [0.25, 0.3) is 5.91 Å². The average Bonchev–Trinajstić information content (AvgIpc) is 2.11. The molecule has 0 aromatic heterocycles. The topological polar surface area (TPSA) is 72.2 Å². The highest BCUT2D eigenvalue weighted by molar-refractivity contribution is 6.38. The van der Waals surface area contributed by atoms with Crippen LogP contribution in [0.1, 0.15) is 13.3 Å². The minimum atomic E-state index is -0.685. The second-order valence-corrected chi connectivity index (χ2v) is 2.38. The number of Topliss-reactive ketones (excluding diaryl/α,β-unsaturated/α-hetero) is 1. The first kappa shape index (κ1) is 10.8. The Kier molecular flexibility index (Phi) is 4.96. The van der Waals surface area contributed by atoms with E-state index in [0.717, 1.165) is 0 Å². The van der Waals surface area contributed by atoms with E-state index in [-0.39, 0.29) is 0 Å². The fraction of sp³-hybridized carbons (Fsp3) is 0.500. The fourth-order valence-corrected chi connectivity index (χ4v) is 0.606. The monoisotopic (exact) mass is 170 g/mol. The molecule has 68 valence electrons. The molecule has 0 spiro atoms. The lowest BCUT2D eigenvalue weighted by Crippen LogP contribution is -2.42. The lowest BCUT2D eigenvalue weighted by Gasteiger charge is -2.06. The number of nitrogens with one attached hydrogen (secondary N) is 1. The van der Waals surface area contributed by atoms with Crippen LogP contribution in [0.5, 0.6) is 0 Å². The summed E-state index contributed by atoms with van der Waals surface area (Å²) in [6.45, 7) is 5.45. The van der Waals surface area contributed by atoms with Crippen LogP contribution in [-0.4, -0.2) is 24.3 Å². The van der Waals surface area contributed by atoms with Gasteiger partial charge in [-0.05, 0) is 6.42 Å². The molecule has 0 aliphatic carbocycles. The molecule has 1 amide bonds. The van der Waals surface area contributed by atoms with Crippen molar-refractivity contribution in [2.45, 2.75) is 19.4 Å². The van der Waals surface area contributed by atoms with Gasteiger partial charge in [-0.25, -0.2) is 0 Å². The standard InChI is InChI=1S/C8H14N2O2/c1-3-5-10-8(12)7(11)6(9)4-2/h3,6H,1,4-5,9H2,2H3,(H,10,12)/t6-/m0/s1. The Labute approximate surface area is 71.8 Å². The molecule has 0 aromatic carbocycles. The number of carbonyl (C=O) groups excluding carboxylic acids is 2. The highest BCUT2D eigenvalue weighted by atomic mass is 16.2. The predicted molar refractivity (Wildman–Crippen MR) is 46.5 cm³/mol. The number of amides is 1. The molecule has 0 radical (unpaired) electrons. The summed E-state index contributed by atoms with van der Waals surface area (Å²) in [6, 6.07) is -0.685. The molecule has 4 heteroatoms. The Bertz CT molecular complexity index is 189. The number of rotatable bonds is 5. The summed E-state index contributed by atoms with van der Waals surface area (Å²) in [4.78, 5) is 21.9. The summed E-state index contributed by atoms with van der Waals surface area (Å²) in [5.74, 6) is -1.20. The van der Waals surface area contributed by atoms with Gasteiger partial charge < -0.3 is 11.1 Å². The fourth-order valence-electron chi connectivity index (χ4n) is 0.606. The largest absolute Gasteiger partial charge is 0.346 e. The van der Waals surface area contributed by atoms with Crippen molar-refractivity contribution in [1.29, 1.82) is 0 Å². The predicted octanol–water partition coefficient (Wildman–Crippen LogP) is -0.405. The van der Waals surface area contributed by atoms with Crippen molar-refractivity contribution in [2.24, 2.45) is 5.73 Å². The molecule has 0 aromatic rings. The first-order valence-electron chi connectivity index (χ1n) is 3.82. The van der Waals surface area contributed by atoms with E-state index in [0.29, 0.717) is 13.0 Å². The van der Waals surface area contributed by atoms with Crippen molar-refractivity contribution >= 4 is 11.7 Å². The molecule has 0 unspecified atom stereocenters. The van der Waals surface area contributed by atoms with E-state index < -0.39 is 17.7 Å². The van der Waals surface area contributed by atoms with E-state index >= 15 is 0 Å². The van der Waals surface area contributed by atoms with Crippen LogP contribution in [0.3, 0.4) is 0 Å². The van der Waals surface area contributed by atoms with Gasteiger partial charge in [-0.1, -0.05) is 13.0 Å². The molecule has 1 atom stereocenters. The average molecular weight is 170 g/mol. The maximum Gasteiger partial charge on any atom is 0.289 e. The molecule has 0 heterocycles. The summed E-state index contributed by atoms with van der Waals surface area (Å²) in [7, 11) is 0. The van der Waals surface area contributed by atoms with Crippen molar-refractivity contribution in [3.8, 4) is 0 Å². The summed E-state index contributed by atoms with van der Waals surface area (Å²) >= 11 is 0. The summed E-state index contributed by atoms with van der Waals surface area (Å²) in [5, 5.41) is 2.36. The molecule has 3 N–H and O–H groups in total. The molecule has 0 aliphatic heterocycles. The number of nitrogens with two attached hydrogens (primary N) is 1. The molecule has 0 bridgehead atoms. The Hall–Kier alpha value is -1.16. The van der Waals surface area contributed by atoms with Crippen LogP contribution in [0, 0.1) is 0 Å². The summed E-state index contributed by atoms with van der Waals surface area (Å²) in [6.07, 6.45) is 1.98. The zero-order chi connectivity index (χ0) is 9.56. The SMILES string of the molecule is C=CCNC(=O)C(=O)[C@@H](N)CC. The smallest absolute Gasteiger partial charge is 0.289 e. The lowest BCUT2D eigenvalue weighted by atomic mass is 10.1. The van der Waals surface area contributed by atoms with E-state index in [2.05, 4.69) is 11.9 Å². The van der Waals surface area contributed by atoms with E-state index in [4.69, 9.17) is 5.73 Å². The van der Waals surface area contributed by atoms with Crippen LogP contribution in [-0.2, 0) is 9.59 Å². The van der Waals surface area contributed by atoms with E-state index in [1.165, 1.54) is 6.08 Å². The van der Waals surface area contributed by atoms with Crippen molar-refractivity contribution < 1.29 is 9.59 Å². The van der Waals surface area contributed by atoms with E-state index in [9.17, 15) is 9.59 Å². The van der Waals surface area contributed by atoms with Gasteiger partial charge in [0.15, 0.2) is 0 Å². The van der Waals surface area contributed by atoms with Gasteiger partial charge in [0.1, 0.15) is 0 Å². The zero-order valence-electron chi connectivity index (χ0n) is 7.17. The molecule has 0 aliphatic rings. The lowest BCUT2D eigenvalue weighted by molar-refractivity contribution is -0.138. The second kappa shape index (κ2) is 5.49. The van der Waals surface area contributed by atoms with Crippen molar-refractivity contribution in [3.63, 3.8) is 0 Å². The van der Waals surface area contributed by atoms with Crippen LogP contribution in [0.25, 0.3) is 0 Å². The van der Waals surface area contributed by atoms with Gasteiger partial charge in [-0.3, -0.25) is 9.59 Å². The second-order valence-electron chi connectivity index (χ2n) is 2.38. The van der Waals surface area contributed by atoms with Gasteiger partial charge in [0, 0.05) is 6.54 Å². The highest BCUT2D eigenvalue weighted by Crippen LogP contribution is 1.88. The molecule has 0 saturated heterocycles. The minimum Gasteiger partial charge on any atom is -0.346 e. The van der Waals surface area contributed by atoms with Crippen LogP contribution >= 0.6 is 0 Å². The van der Waals surface area contributed by atoms with Gasteiger partial charge in [0.05, 0.1) is 6.04 Å². The van der Waals surface area contributed by atoms with Gasteiger partial charge in [0.2, 0.25) is 5.78 Å². The Morgan fingerprint density at radius 2 is 2.25 bits per heavy atom. The molecule has 0 fully saturated rings. The molecule has 0 rings (SSSR count). The summed E-state index contributed by atoms with van der Waals surface area (Å²) in [5.41, 5.74) is 5.35. The molecule has 12 heavy (non-hydrogen) atoms. The molecule has 0 saturated carbocycles. The van der Waals surface area contributed by atoms with Crippen LogP contribution in [0.2, 0.25) is 0 Å². The Morgan fingerprint density at radius 3 is 2.67 bits per heavy atom. The molecular weight excluding hydrogens is 156 g/mol. The number of hydrogen-bond acceptors (Lipinski definition) is 3. The first-order chi connectivity index (χ1) is 5.63. The zero-order valence-corrected chi connectivity index (χ0v) is 7.17. The van der Waals surface area contributed by atoms with Crippen molar-refractivity contribution in [3.05, 3.63) is 12.7 Å². The first-order valence-corrected chi connectivity index (χ1v) is 3.82. The normalized spacial score (nSPS) is 11.8. The van der Waals surface area contributed by atoms with Crippen molar-refractivity contribution in [1.82, 2.24) is 5.32 Å². The Morgan fingerprint density at radius 1 is 1.67 bits per heavy atom. The maximum atomic E-state index is 11.0. The number of hydrogen-bond donors (Lipinski definition) is 2. The third-order valence-electron chi connectivity index (χ3n) is 1.41. The van der Waals surface area contributed by atoms with Crippen molar-refractivity contribution in [2.75, 3.05) is 6.54 Å². The third kappa shape index (κ3) is 3.30. The third-order valence-corrected chi connectivity index (χ3v) is 1.41. The number of ketones is 1. The van der Waals surface area contributed by atoms with Gasteiger partial charge >= 0.3 is 0 Å². The van der Waals surface area contributed by atoms with Gasteiger partial charge in [-0.15, -0.1) is 6.58 Å². The maximum absolute atomic E-state index is 11.0. The van der Waals surface area contributed by atoms with Crippen LogP contribution in [0.15, 0.2) is 12.7 Å². The summed E-state index contributed by atoms with van der Waals surface area (Å²) < 4.78 is 0. The molecular formula is C8H14N2O2. The van der Waals surface area contributed by atoms with Crippen LogP contribution in [0.4, 0.5) is 0 Å².